The van der Waals surface area contributed by atoms with Gasteiger partial charge in [-0.15, -0.1) is 0 Å². The Balaban J connectivity index is 1.41. The van der Waals surface area contributed by atoms with Crippen molar-refractivity contribution < 1.29 is 13.2 Å². The van der Waals surface area contributed by atoms with Gasteiger partial charge in [0.25, 0.3) is 5.91 Å². The first-order chi connectivity index (χ1) is 15.9. The third-order valence-electron chi connectivity index (χ3n) is 4.68. The first-order valence-electron chi connectivity index (χ1n) is 10.00. The minimum Gasteiger partial charge on any atom is -0.351 e. The molecule has 2 aromatic heterocycles. The van der Waals surface area contributed by atoms with E-state index in [1.54, 1.807) is 41.4 Å². The Morgan fingerprint density at radius 3 is 2.58 bits per heavy atom. The van der Waals surface area contributed by atoms with Crippen LogP contribution in [0, 0.1) is 0 Å². The van der Waals surface area contributed by atoms with Crippen molar-refractivity contribution in [3.05, 3.63) is 78.2 Å². The number of para-hydroxylation sites is 1. The van der Waals surface area contributed by atoms with E-state index >= 15 is 0 Å². The van der Waals surface area contributed by atoms with E-state index in [2.05, 4.69) is 30.9 Å². The maximum Gasteiger partial charge on any atom is 0.251 e. The number of aromatic nitrogens is 4. The third kappa shape index (κ3) is 5.57. The standard InChI is InChI=1S/C22H21N7O3S/c1-33(31,32)12-11-23-22(30)17-9-7-16(8-10-17)13-26-28-20-19-14-27-29(21(19)25-15-24-20)18-5-3-2-4-6-18/h2-10,13-15H,11-12H2,1H3,(H,23,30)(H,24,25,28)/b26-13+. The van der Waals surface area contributed by atoms with Crippen LogP contribution in [-0.2, 0) is 9.84 Å². The van der Waals surface area contributed by atoms with Crippen molar-refractivity contribution in [1.29, 1.82) is 0 Å². The van der Waals surface area contributed by atoms with E-state index in [0.717, 1.165) is 22.9 Å². The monoisotopic (exact) mass is 463 g/mol. The van der Waals surface area contributed by atoms with Gasteiger partial charge in [0.1, 0.15) is 16.2 Å². The van der Waals surface area contributed by atoms with Crippen LogP contribution in [0.15, 0.2) is 72.2 Å². The molecule has 168 valence electrons. The van der Waals surface area contributed by atoms with Crippen LogP contribution in [0.4, 0.5) is 5.82 Å². The van der Waals surface area contributed by atoms with Gasteiger partial charge in [0.05, 0.1) is 29.2 Å². The van der Waals surface area contributed by atoms with Gasteiger partial charge >= 0.3 is 0 Å². The molecule has 0 saturated heterocycles. The fourth-order valence-corrected chi connectivity index (χ4v) is 3.50. The number of hydrazone groups is 1. The molecule has 0 spiro atoms. The summed E-state index contributed by atoms with van der Waals surface area (Å²) < 4.78 is 24.0. The van der Waals surface area contributed by atoms with Crippen molar-refractivity contribution in [3.8, 4) is 5.69 Å². The number of carbonyl (C=O) groups excluding carboxylic acids is 1. The highest BCUT2D eigenvalue weighted by Crippen LogP contribution is 2.21. The normalized spacial score (nSPS) is 11.7. The van der Waals surface area contributed by atoms with Crippen LogP contribution in [0.2, 0.25) is 0 Å². The van der Waals surface area contributed by atoms with Crippen molar-refractivity contribution in [3.63, 3.8) is 0 Å². The molecular weight excluding hydrogens is 442 g/mol. The smallest absolute Gasteiger partial charge is 0.251 e. The fourth-order valence-electron chi connectivity index (χ4n) is 3.03. The second-order valence-electron chi connectivity index (χ2n) is 7.23. The maximum absolute atomic E-state index is 12.1. The zero-order valence-electron chi connectivity index (χ0n) is 17.7. The summed E-state index contributed by atoms with van der Waals surface area (Å²) in [6.07, 6.45) is 5.85. The van der Waals surface area contributed by atoms with Gasteiger partial charge < -0.3 is 5.32 Å². The Morgan fingerprint density at radius 1 is 1.09 bits per heavy atom. The Labute approximate surface area is 190 Å². The Hall–Kier alpha value is -4.12. The van der Waals surface area contributed by atoms with E-state index in [9.17, 15) is 13.2 Å². The Kier molecular flexibility index (Phi) is 6.41. The molecule has 33 heavy (non-hydrogen) atoms. The van der Waals surface area contributed by atoms with Crippen molar-refractivity contribution >= 4 is 38.8 Å². The number of fused-ring (bicyclic) bond motifs is 1. The highest BCUT2D eigenvalue weighted by atomic mass is 32.2. The van der Waals surface area contributed by atoms with Crippen LogP contribution in [0.25, 0.3) is 16.7 Å². The molecule has 11 heteroatoms. The van der Waals surface area contributed by atoms with E-state index < -0.39 is 9.84 Å². The Morgan fingerprint density at radius 2 is 1.85 bits per heavy atom. The Bertz CT molecular complexity index is 1400. The average molecular weight is 464 g/mol. The highest BCUT2D eigenvalue weighted by Gasteiger charge is 2.10. The zero-order chi connectivity index (χ0) is 23.3. The second-order valence-corrected chi connectivity index (χ2v) is 9.49. The summed E-state index contributed by atoms with van der Waals surface area (Å²) >= 11 is 0. The zero-order valence-corrected chi connectivity index (χ0v) is 18.5. The molecule has 0 bridgehead atoms. The minimum atomic E-state index is -3.12. The molecule has 0 aliphatic heterocycles. The average Bonchev–Trinajstić information content (AvgIpc) is 3.24. The summed E-state index contributed by atoms with van der Waals surface area (Å²) in [4.78, 5) is 20.7. The lowest BCUT2D eigenvalue weighted by Crippen LogP contribution is -2.28. The second kappa shape index (κ2) is 9.57. The van der Waals surface area contributed by atoms with Crippen LogP contribution in [-0.4, -0.2) is 58.8 Å². The lowest BCUT2D eigenvalue weighted by molar-refractivity contribution is 0.0956. The number of nitrogens with zero attached hydrogens (tertiary/aromatic N) is 5. The number of benzene rings is 2. The molecule has 0 radical (unpaired) electrons. The molecule has 0 atom stereocenters. The predicted molar refractivity (Wildman–Crippen MR) is 126 cm³/mol. The highest BCUT2D eigenvalue weighted by molar-refractivity contribution is 7.90. The van der Waals surface area contributed by atoms with Gasteiger partial charge in [-0.05, 0) is 29.8 Å². The van der Waals surface area contributed by atoms with Crippen LogP contribution < -0.4 is 10.7 Å². The molecule has 0 aliphatic carbocycles. The molecule has 1 amide bonds. The van der Waals surface area contributed by atoms with Crippen LogP contribution in [0.1, 0.15) is 15.9 Å². The fraction of sp³-hybridized carbons (Fsp3) is 0.136. The first kappa shape index (κ1) is 22.1. The van der Waals surface area contributed by atoms with Crippen molar-refractivity contribution in [1.82, 2.24) is 25.1 Å². The van der Waals surface area contributed by atoms with E-state index in [1.807, 2.05) is 30.3 Å². The number of sulfone groups is 1. The molecular formula is C22H21N7O3S. The number of carbonyl (C=O) groups is 1. The van der Waals surface area contributed by atoms with Crippen molar-refractivity contribution in [2.24, 2.45) is 5.10 Å². The summed E-state index contributed by atoms with van der Waals surface area (Å²) in [5, 5.41) is 11.9. The van der Waals surface area contributed by atoms with E-state index in [0.29, 0.717) is 17.0 Å². The number of rotatable bonds is 8. The molecule has 0 unspecified atom stereocenters. The van der Waals surface area contributed by atoms with Crippen molar-refractivity contribution in [2.45, 2.75) is 0 Å². The van der Waals surface area contributed by atoms with E-state index in [4.69, 9.17) is 0 Å². The van der Waals surface area contributed by atoms with Crippen molar-refractivity contribution in [2.75, 3.05) is 24.0 Å². The number of amides is 1. The maximum atomic E-state index is 12.1. The molecule has 2 N–H and O–H groups in total. The van der Waals surface area contributed by atoms with Gasteiger partial charge in [0, 0.05) is 18.4 Å². The third-order valence-corrected chi connectivity index (χ3v) is 5.63. The lowest BCUT2D eigenvalue weighted by atomic mass is 10.1. The van der Waals surface area contributed by atoms with Gasteiger partial charge in [0.15, 0.2) is 11.5 Å². The summed E-state index contributed by atoms with van der Waals surface area (Å²) in [7, 11) is -3.12. The topological polar surface area (TPSA) is 131 Å². The molecule has 2 heterocycles. The van der Waals surface area contributed by atoms with Gasteiger partial charge in [-0.1, -0.05) is 30.3 Å². The number of hydrogen-bond donors (Lipinski definition) is 2. The number of hydrogen-bond acceptors (Lipinski definition) is 8. The molecule has 0 aliphatic rings. The lowest BCUT2D eigenvalue weighted by Gasteiger charge is -2.05. The van der Waals surface area contributed by atoms with E-state index in [-0.39, 0.29) is 18.2 Å². The summed E-state index contributed by atoms with van der Waals surface area (Å²) in [6, 6.07) is 16.4. The first-order valence-corrected chi connectivity index (χ1v) is 12.1. The molecule has 10 nitrogen and oxygen atoms in total. The van der Waals surface area contributed by atoms with Crippen LogP contribution >= 0.6 is 0 Å². The molecule has 0 saturated carbocycles. The van der Waals surface area contributed by atoms with Gasteiger partial charge in [-0.25, -0.2) is 23.1 Å². The predicted octanol–water partition coefficient (Wildman–Crippen LogP) is 2.04. The summed E-state index contributed by atoms with van der Waals surface area (Å²) in [5.74, 6) is 0.0785. The van der Waals surface area contributed by atoms with E-state index in [1.165, 1.54) is 6.33 Å². The molecule has 0 fully saturated rings. The quantitative estimate of drug-likeness (QED) is 0.302. The van der Waals surface area contributed by atoms with Crippen LogP contribution in [0.3, 0.4) is 0 Å². The summed E-state index contributed by atoms with van der Waals surface area (Å²) in [6.45, 7) is 0.0685. The molecule has 4 aromatic rings. The van der Waals surface area contributed by atoms with Gasteiger partial charge in [-0.3, -0.25) is 10.2 Å². The minimum absolute atomic E-state index is 0.0685. The number of nitrogens with one attached hydrogen (secondary N) is 2. The SMILES string of the molecule is CS(=O)(=O)CCNC(=O)c1ccc(/C=N/Nc2ncnc3c2cnn3-c2ccccc2)cc1. The molecule has 2 aromatic carbocycles. The van der Waals surface area contributed by atoms with Gasteiger partial charge in [0.2, 0.25) is 0 Å². The van der Waals surface area contributed by atoms with Crippen LogP contribution in [0.5, 0.6) is 0 Å². The largest absolute Gasteiger partial charge is 0.351 e. The van der Waals surface area contributed by atoms with Gasteiger partial charge in [-0.2, -0.15) is 10.2 Å². The summed E-state index contributed by atoms with van der Waals surface area (Å²) in [5.41, 5.74) is 5.65. The number of anilines is 1. The molecule has 4 rings (SSSR count).